The summed E-state index contributed by atoms with van der Waals surface area (Å²) in [6.07, 6.45) is 5.85. The summed E-state index contributed by atoms with van der Waals surface area (Å²) in [7, 11) is 0. The number of para-hydroxylation sites is 1. The number of nitrogens with zero attached hydrogens (tertiary/aromatic N) is 1. The summed E-state index contributed by atoms with van der Waals surface area (Å²) < 4.78 is 26.3. The second-order valence-electron chi connectivity index (χ2n) is 12.1. The molecule has 1 unspecified atom stereocenters. The third kappa shape index (κ3) is 5.52. The van der Waals surface area contributed by atoms with Crippen molar-refractivity contribution in [2.75, 3.05) is 0 Å². The molecule has 2 aromatic carbocycles. The Balaban J connectivity index is 1.59. The van der Waals surface area contributed by atoms with Crippen molar-refractivity contribution in [2.45, 2.75) is 77.8 Å². The highest BCUT2D eigenvalue weighted by atomic mass is 19.1. The summed E-state index contributed by atoms with van der Waals surface area (Å²) in [5.41, 5.74) is 4.44. The smallest absolute Gasteiger partial charge is 0.309 e. The average molecular weight is 518 g/mol. The number of aromatic nitrogens is 1. The van der Waals surface area contributed by atoms with Gasteiger partial charge in [-0.1, -0.05) is 63.3 Å². The molecule has 38 heavy (non-hydrogen) atoms. The van der Waals surface area contributed by atoms with E-state index in [4.69, 9.17) is 14.5 Å². The number of benzene rings is 2. The number of carbonyl (C=O) groups is 1. The maximum atomic E-state index is 13.8. The minimum atomic E-state index is -0.933. The molecule has 0 spiro atoms. The third-order valence-corrected chi connectivity index (χ3v) is 7.44. The number of hydrogen-bond donors (Lipinski definition) is 1. The molecule has 6 heteroatoms. The second-order valence-corrected chi connectivity index (χ2v) is 12.1. The van der Waals surface area contributed by atoms with E-state index >= 15 is 0 Å². The molecule has 0 bridgehead atoms. The van der Waals surface area contributed by atoms with Crippen LogP contribution < -0.4 is 0 Å². The van der Waals surface area contributed by atoms with Crippen LogP contribution in [0.4, 0.5) is 4.39 Å². The minimum absolute atomic E-state index is 0.276. The number of hydrogen-bond acceptors (Lipinski definition) is 4. The Bertz CT molecular complexity index is 1370. The van der Waals surface area contributed by atoms with Crippen molar-refractivity contribution in [3.8, 4) is 11.1 Å². The molecule has 1 aliphatic heterocycles. The van der Waals surface area contributed by atoms with Crippen molar-refractivity contribution in [1.82, 2.24) is 4.98 Å². The predicted molar refractivity (Wildman–Crippen MR) is 147 cm³/mol. The first kappa shape index (κ1) is 26.5. The summed E-state index contributed by atoms with van der Waals surface area (Å²) in [5.74, 6) is -2.37. The highest BCUT2D eigenvalue weighted by Gasteiger charge is 2.45. The SMILES string of the molecule is CC1(C)O[C@H](/C=C/c2c(C3CC3)nc3ccccc3c2-c2ccc(F)cc2)C[C@H](C(C(=O)O)C(C)(C)C)O1. The van der Waals surface area contributed by atoms with Crippen LogP contribution >= 0.6 is 0 Å². The Morgan fingerprint density at radius 3 is 2.42 bits per heavy atom. The summed E-state index contributed by atoms with van der Waals surface area (Å²) in [6, 6.07) is 14.7. The molecule has 1 saturated carbocycles. The Morgan fingerprint density at radius 1 is 1.11 bits per heavy atom. The maximum Gasteiger partial charge on any atom is 0.309 e. The van der Waals surface area contributed by atoms with Crippen LogP contribution in [-0.2, 0) is 14.3 Å². The van der Waals surface area contributed by atoms with Gasteiger partial charge in [0.25, 0.3) is 0 Å². The number of halogens is 1. The zero-order chi connectivity index (χ0) is 27.2. The van der Waals surface area contributed by atoms with E-state index < -0.39 is 29.2 Å². The topological polar surface area (TPSA) is 68.7 Å². The Hall–Kier alpha value is -3.09. The first-order chi connectivity index (χ1) is 17.9. The molecule has 0 amide bonds. The maximum absolute atomic E-state index is 13.8. The lowest BCUT2D eigenvalue weighted by atomic mass is 9.75. The number of carboxylic acids is 1. The van der Waals surface area contributed by atoms with Crippen LogP contribution in [0.3, 0.4) is 0 Å². The van der Waals surface area contributed by atoms with Crippen molar-refractivity contribution in [3.05, 3.63) is 71.7 Å². The van der Waals surface area contributed by atoms with Crippen LogP contribution in [0.15, 0.2) is 54.6 Å². The lowest BCUT2D eigenvalue weighted by Gasteiger charge is -2.44. The molecule has 2 aliphatic rings. The minimum Gasteiger partial charge on any atom is -0.481 e. The second kappa shape index (κ2) is 9.90. The van der Waals surface area contributed by atoms with Gasteiger partial charge in [-0.05, 0) is 55.9 Å². The van der Waals surface area contributed by atoms with Gasteiger partial charge in [0, 0.05) is 28.9 Å². The van der Waals surface area contributed by atoms with E-state index in [0.717, 1.165) is 46.1 Å². The number of carboxylic acid groups (broad SMARTS) is 1. The molecule has 2 fully saturated rings. The summed E-state index contributed by atoms with van der Waals surface area (Å²) in [5, 5.41) is 11.0. The van der Waals surface area contributed by atoms with Crippen LogP contribution in [0.1, 0.15) is 71.1 Å². The molecule has 200 valence electrons. The summed E-state index contributed by atoms with van der Waals surface area (Å²) in [4.78, 5) is 17.3. The molecule has 3 atom stereocenters. The van der Waals surface area contributed by atoms with Crippen LogP contribution in [0, 0.1) is 17.2 Å². The molecule has 2 heterocycles. The van der Waals surface area contributed by atoms with Gasteiger partial charge in [-0.25, -0.2) is 4.39 Å². The Labute approximate surface area is 223 Å². The van der Waals surface area contributed by atoms with E-state index in [1.807, 2.05) is 71.0 Å². The van der Waals surface area contributed by atoms with Crippen LogP contribution in [-0.4, -0.2) is 34.1 Å². The average Bonchev–Trinajstić information content (AvgIpc) is 3.66. The summed E-state index contributed by atoms with van der Waals surface area (Å²) >= 11 is 0. The van der Waals surface area contributed by atoms with Gasteiger partial charge in [0.05, 0.1) is 29.3 Å². The fourth-order valence-electron chi connectivity index (χ4n) is 5.70. The molecule has 1 saturated heterocycles. The van der Waals surface area contributed by atoms with Crippen LogP contribution in [0.2, 0.25) is 0 Å². The van der Waals surface area contributed by atoms with Gasteiger partial charge in [-0.3, -0.25) is 9.78 Å². The lowest BCUT2D eigenvalue weighted by Crippen LogP contribution is -2.51. The lowest BCUT2D eigenvalue weighted by molar-refractivity contribution is -0.302. The van der Waals surface area contributed by atoms with Gasteiger partial charge in [-0.15, -0.1) is 0 Å². The van der Waals surface area contributed by atoms with Gasteiger partial charge in [-0.2, -0.15) is 0 Å². The Kier molecular flexibility index (Phi) is 6.91. The van der Waals surface area contributed by atoms with Crippen LogP contribution in [0.25, 0.3) is 28.1 Å². The van der Waals surface area contributed by atoms with Gasteiger partial charge in [0.1, 0.15) is 5.82 Å². The molecule has 3 aromatic rings. The number of fused-ring (bicyclic) bond motifs is 1. The van der Waals surface area contributed by atoms with E-state index in [9.17, 15) is 14.3 Å². The van der Waals surface area contributed by atoms with Gasteiger partial charge >= 0.3 is 5.97 Å². The highest BCUT2D eigenvalue weighted by molar-refractivity contribution is 5.99. The quantitative estimate of drug-likeness (QED) is 0.365. The predicted octanol–water partition coefficient (Wildman–Crippen LogP) is 7.59. The normalized spacial score (nSPS) is 22.6. The fourth-order valence-corrected chi connectivity index (χ4v) is 5.70. The number of rotatable bonds is 6. The van der Waals surface area contributed by atoms with Crippen molar-refractivity contribution in [3.63, 3.8) is 0 Å². The first-order valence-corrected chi connectivity index (χ1v) is 13.4. The molecule has 0 radical (unpaired) electrons. The molecule has 1 aliphatic carbocycles. The number of pyridine rings is 1. The largest absolute Gasteiger partial charge is 0.481 e. The van der Waals surface area contributed by atoms with Gasteiger partial charge in [0.15, 0.2) is 5.79 Å². The first-order valence-electron chi connectivity index (χ1n) is 13.4. The fraction of sp³-hybridized carbons (Fsp3) is 0.438. The van der Waals surface area contributed by atoms with E-state index in [-0.39, 0.29) is 11.9 Å². The number of aliphatic carboxylic acids is 1. The van der Waals surface area contributed by atoms with E-state index in [1.165, 1.54) is 12.1 Å². The van der Waals surface area contributed by atoms with Crippen molar-refractivity contribution in [2.24, 2.45) is 11.3 Å². The molecule has 5 rings (SSSR count). The Morgan fingerprint density at radius 2 is 1.79 bits per heavy atom. The van der Waals surface area contributed by atoms with E-state index in [2.05, 4.69) is 12.1 Å². The van der Waals surface area contributed by atoms with Crippen molar-refractivity contribution < 1.29 is 23.8 Å². The zero-order valence-corrected chi connectivity index (χ0v) is 22.7. The van der Waals surface area contributed by atoms with Crippen molar-refractivity contribution >= 4 is 22.9 Å². The van der Waals surface area contributed by atoms with Gasteiger partial charge < -0.3 is 14.6 Å². The van der Waals surface area contributed by atoms with E-state index in [0.29, 0.717) is 12.3 Å². The van der Waals surface area contributed by atoms with Crippen LogP contribution in [0.5, 0.6) is 0 Å². The van der Waals surface area contributed by atoms with Gasteiger partial charge in [0.2, 0.25) is 0 Å². The van der Waals surface area contributed by atoms with Crippen molar-refractivity contribution in [1.29, 1.82) is 0 Å². The zero-order valence-electron chi connectivity index (χ0n) is 22.7. The monoisotopic (exact) mass is 517 g/mol. The molecule has 1 N–H and O–H groups in total. The molecular weight excluding hydrogens is 481 g/mol. The summed E-state index contributed by atoms with van der Waals surface area (Å²) in [6.45, 7) is 9.46. The van der Waals surface area contributed by atoms with E-state index in [1.54, 1.807) is 0 Å². The standard InChI is InChI=1S/C32H36FNO4/c1-31(2,3)28(30(35)36)26-18-22(37-32(4,5)38-26)16-17-24-27(19-12-14-21(33)15-13-19)23-8-6-7-9-25(23)34-29(24)20-10-11-20/h6-9,12-17,20,22,26,28H,10-11,18H2,1-5H3,(H,35,36)/b17-16+/t22-,26-,28?/m1/s1. The number of ether oxygens (including phenoxy) is 2. The molecule has 5 nitrogen and oxygen atoms in total. The highest BCUT2D eigenvalue weighted by Crippen LogP contribution is 2.46. The molecular formula is C32H36FNO4. The third-order valence-electron chi connectivity index (χ3n) is 7.44. The molecule has 1 aromatic heterocycles.